The first-order valence-corrected chi connectivity index (χ1v) is 9.72. The van der Waals surface area contributed by atoms with E-state index < -0.39 is 17.5 Å². The summed E-state index contributed by atoms with van der Waals surface area (Å²) in [5.41, 5.74) is 2.27. The summed E-state index contributed by atoms with van der Waals surface area (Å²) in [6.45, 7) is 8.72. The SMILES string of the molecule is Cc1cccc(N2CCN(CCC(C)NC(=O)c3cc(F)ccc3F)CC2)c1. The lowest BCUT2D eigenvalue weighted by Crippen LogP contribution is -2.47. The number of halogens is 2. The highest BCUT2D eigenvalue weighted by molar-refractivity contribution is 5.94. The van der Waals surface area contributed by atoms with E-state index in [1.807, 2.05) is 6.92 Å². The monoisotopic (exact) mass is 387 g/mol. The largest absolute Gasteiger partial charge is 0.369 e. The van der Waals surface area contributed by atoms with E-state index in [1.54, 1.807) is 0 Å². The number of piperazine rings is 1. The maximum Gasteiger partial charge on any atom is 0.254 e. The minimum atomic E-state index is -0.710. The Bertz CT molecular complexity index is 819. The van der Waals surface area contributed by atoms with Crippen LogP contribution in [0.5, 0.6) is 0 Å². The van der Waals surface area contributed by atoms with Crippen molar-refractivity contribution in [3.05, 3.63) is 65.2 Å². The highest BCUT2D eigenvalue weighted by Crippen LogP contribution is 2.18. The van der Waals surface area contributed by atoms with E-state index in [9.17, 15) is 13.6 Å². The first-order chi connectivity index (χ1) is 13.4. The van der Waals surface area contributed by atoms with Crippen molar-refractivity contribution in [3.8, 4) is 0 Å². The van der Waals surface area contributed by atoms with Crippen LogP contribution in [-0.2, 0) is 0 Å². The van der Waals surface area contributed by atoms with Crippen molar-refractivity contribution >= 4 is 11.6 Å². The Morgan fingerprint density at radius 2 is 1.86 bits per heavy atom. The molecule has 0 aromatic heterocycles. The summed E-state index contributed by atoms with van der Waals surface area (Å²) in [7, 11) is 0. The summed E-state index contributed by atoms with van der Waals surface area (Å²) >= 11 is 0. The molecule has 1 unspecified atom stereocenters. The lowest BCUT2D eigenvalue weighted by Gasteiger charge is -2.36. The number of anilines is 1. The average molecular weight is 387 g/mol. The molecule has 1 aliphatic heterocycles. The van der Waals surface area contributed by atoms with Crippen molar-refractivity contribution in [2.24, 2.45) is 0 Å². The third kappa shape index (κ3) is 5.29. The summed E-state index contributed by atoms with van der Waals surface area (Å²) < 4.78 is 27.0. The summed E-state index contributed by atoms with van der Waals surface area (Å²) in [5.74, 6) is -1.90. The number of hydrogen-bond donors (Lipinski definition) is 1. The quantitative estimate of drug-likeness (QED) is 0.823. The zero-order valence-electron chi connectivity index (χ0n) is 16.4. The molecule has 0 bridgehead atoms. The number of carbonyl (C=O) groups excluding carboxylic acids is 1. The molecule has 1 heterocycles. The van der Waals surface area contributed by atoms with Crippen molar-refractivity contribution in [1.29, 1.82) is 0 Å². The van der Waals surface area contributed by atoms with Gasteiger partial charge in [0.05, 0.1) is 5.56 Å². The van der Waals surface area contributed by atoms with Crippen molar-refractivity contribution in [3.63, 3.8) is 0 Å². The predicted molar refractivity (Wildman–Crippen MR) is 108 cm³/mol. The third-order valence-electron chi connectivity index (χ3n) is 5.17. The zero-order valence-corrected chi connectivity index (χ0v) is 16.4. The van der Waals surface area contributed by atoms with Gasteiger partial charge in [0.15, 0.2) is 0 Å². The molecular formula is C22H27F2N3O. The van der Waals surface area contributed by atoms with Gasteiger partial charge in [0.1, 0.15) is 11.6 Å². The Morgan fingerprint density at radius 3 is 2.57 bits per heavy atom. The van der Waals surface area contributed by atoms with E-state index >= 15 is 0 Å². The number of hydrogen-bond acceptors (Lipinski definition) is 3. The second kappa shape index (κ2) is 9.15. The van der Waals surface area contributed by atoms with Gasteiger partial charge in [-0.3, -0.25) is 9.69 Å². The highest BCUT2D eigenvalue weighted by atomic mass is 19.1. The predicted octanol–water partition coefficient (Wildman–Crippen LogP) is 3.60. The van der Waals surface area contributed by atoms with E-state index in [-0.39, 0.29) is 11.6 Å². The molecule has 1 saturated heterocycles. The summed E-state index contributed by atoms with van der Waals surface area (Å²) in [6.07, 6.45) is 0.757. The van der Waals surface area contributed by atoms with Gasteiger partial charge in [-0.05, 0) is 56.2 Å². The molecule has 2 aromatic rings. The molecule has 1 fully saturated rings. The lowest BCUT2D eigenvalue weighted by atomic mass is 10.1. The number of benzene rings is 2. The van der Waals surface area contributed by atoms with Crippen LogP contribution in [0.2, 0.25) is 0 Å². The van der Waals surface area contributed by atoms with Crippen molar-refractivity contribution < 1.29 is 13.6 Å². The minimum Gasteiger partial charge on any atom is -0.369 e. The maximum absolute atomic E-state index is 13.7. The van der Waals surface area contributed by atoms with Crippen LogP contribution in [0.4, 0.5) is 14.5 Å². The number of amides is 1. The van der Waals surface area contributed by atoms with Crippen LogP contribution >= 0.6 is 0 Å². The van der Waals surface area contributed by atoms with Gasteiger partial charge in [0, 0.05) is 44.5 Å². The van der Waals surface area contributed by atoms with E-state index in [1.165, 1.54) is 11.3 Å². The lowest BCUT2D eigenvalue weighted by molar-refractivity contribution is 0.0930. The smallest absolute Gasteiger partial charge is 0.254 e. The van der Waals surface area contributed by atoms with Crippen LogP contribution in [0.1, 0.15) is 29.3 Å². The standard InChI is InChI=1S/C22H27F2N3O/c1-16-4-3-5-19(14-16)27-12-10-26(11-13-27)9-8-17(2)25-22(28)20-15-18(23)6-7-21(20)24/h3-7,14-15,17H,8-13H2,1-2H3,(H,25,28). The number of carbonyl (C=O) groups is 1. The Balaban J connectivity index is 1.43. The number of nitrogens with zero attached hydrogens (tertiary/aromatic N) is 2. The second-order valence-electron chi connectivity index (χ2n) is 7.46. The fraction of sp³-hybridized carbons (Fsp3) is 0.409. The molecule has 4 nitrogen and oxygen atoms in total. The molecule has 1 amide bonds. The first-order valence-electron chi connectivity index (χ1n) is 9.72. The van der Waals surface area contributed by atoms with Gasteiger partial charge in [-0.25, -0.2) is 8.78 Å². The minimum absolute atomic E-state index is 0.120. The third-order valence-corrected chi connectivity index (χ3v) is 5.17. The van der Waals surface area contributed by atoms with Crippen LogP contribution in [-0.4, -0.2) is 49.6 Å². The molecule has 1 aliphatic rings. The first kappa shape index (κ1) is 20.3. The van der Waals surface area contributed by atoms with Gasteiger partial charge >= 0.3 is 0 Å². The topological polar surface area (TPSA) is 35.6 Å². The fourth-order valence-electron chi connectivity index (χ4n) is 3.48. The van der Waals surface area contributed by atoms with Crippen LogP contribution in [0.3, 0.4) is 0 Å². The number of nitrogens with one attached hydrogen (secondary N) is 1. The summed E-state index contributed by atoms with van der Waals surface area (Å²) in [5, 5.41) is 2.76. The Hall–Kier alpha value is -2.47. The highest BCUT2D eigenvalue weighted by Gasteiger charge is 2.19. The molecule has 0 spiro atoms. The zero-order chi connectivity index (χ0) is 20.1. The molecule has 0 aliphatic carbocycles. The molecule has 1 N–H and O–H groups in total. The average Bonchev–Trinajstić information content (AvgIpc) is 2.68. The van der Waals surface area contributed by atoms with Crippen LogP contribution in [0, 0.1) is 18.6 Å². The molecular weight excluding hydrogens is 360 g/mol. The van der Waals surface area contributed by atoms with E-state index in [0.717, 1.165) is 57.3 Å². The molecule has 0 radical (unpaired) electrons. The van der Waals surface area contributed by atoms with E-state index in [4.69, 9.17) is 0 Å². The number of rotatable bonds is 6. The van der Waals surface area contributed by atoms with Gasteiger partial charge in [-0.1, -0.05) is 12.1 Å². The van der Waals surface area contributed by atoms with E-state index in [0.29, 0.717) is 0 Å². The van der Waals surface area contributed by atoms with Gasteiger partial charge in [-0.15, -0.1) is 0 Å². The Kier molecular flexibility index (Phi) is 6.62. The molecule has 1 atom stereocenters. The van der Waals surface area contributed by atoms with Crippen LogP contribution < -0.4 is 10.2 Å². The van der Waals surface area contributed by atoms with Gasteiger partial charge in [-0.2, -0.15) is 0 Å². The Morgan fingerprint density at radius 1 is 1.11 bits per heavy atom. The van der Waals surface area contributed by atoms with Crippen molar-refractivity contribution in [2.75, 3.05) is 37.6 Å². The Labute approximate surface area is 165 Å². The second-order valence-corrected chi connectivity index (χ2v) is 7.46. The summed E-state index contributed by atoms with van der Waals surface area (Å²) in [6, 6.07) is 11.3. The normalized spacial score (nSPS) is 16.1. The summed E-state index contributed by atoms with van der Waals surface area (Å²) in [4.78, 5) is 16.9. The van der Waals surface area contributed by atoms with Crippen LogP contribution in [0.15, 0.2) is 42.5 Å². The molecule has 2 aromatic carbocycles. The van der Waals surface area contributed by atoms with E-state index in [2.05, 4.69) is 46.3 Å². The molecule has 3 rings (SSSR count). The molecule has 150 valence electrons. The number of aryl methyl sites for hydroxylation is 1. The fourth-order valence-corrected chi connectivity index (χ4v) is 3.48. The maximum atomic E-state index is 13.7. The van der Waals surface area contributed by atoms with Crippen molar-refractivity contribution in [2.45, 2.75) is 26.3 Å². The van der Waals surface area contributed by atoms with Gasteiger partial charge < -0.3 is 10.2 Å². The molecule has 6 heteroatoms. The van der Waals surface area contributed by atoms with Gasteiger partial charge in [0.25, 0.3) is 5.91 Å². The molecule has 0 saturated carbocycles. The van der Waals surface area contributed by atoms with Gasteiger partial charge in [0.2, 0.25) is 0 Å². The van der Waals surface area contributed by atoms with Crippen molar-refractivity contribution in [1.82, 2.24) is 10.2 Å². The molecule has 28 heavy (non-hydrogen) atoms. The van der Waals surface area contributed by atoms with Crippen LogP contribution in [0.25, 0.3) is 0 Å².